The number of hydrogen-bond donors (Lipinski definition) is 2. The van der Waals surface area contributed by atoms with Crippen molar-refractivity contribution in [3.8, 4) is 0 Å². The van der Waals surface area contributed by atoms with E-state index in [4.69, 9.17) is 16.3 Å². The number of aromatic amines is 1. The number of hydrogen-bond acceptors (Lipinski definition) is 6. The van der Waals surface area contributed by atoms with E-state index in [0.29, 0.717) is 18.2 Å². The number of amides is 1. The number of carbonyl (C=O) groups is 1. The Morgan fingerprint density at radius 3 is 3.04 bits per heavy atom. The van der Waals surface area contributed by atoms with E-state index in [1.54, 1.807) is 11.3 Å². The van der Waals surface area contributed by atoms with E-state index in [1.807, 2.05) is 25.4 Å². The number of nitrogens with one attached hydrogen (secondary N) is 2. The predicted octanol–water partition coefficient (Wildman–Crippen LogP) is 2.49. The van der Waals surface area contributed by atoms with Gasteiger partial charge in [-0.25, -0.2) is 9.97 Å². The maximum Gasteiger partial charge on any atom is 0.287 e. The van der Waals surface area contributed by atoms with Crippen LogP contribution in [0.1, 0.15) is 41.6 Å². The van der Waals surface area contributed by atoms with Gasteiger partial charge in [0.25, 0.3) is 5.91 Å². The molecule has 2 N–H and O–H groups in total. The first-order valence-corrected chi connectivity index (χ1v) is 10.1. The van der Waals surface area contributed by atoms with Crippen LogP contribution in [0, 0.1) is 0 Å². The summed E-state index contributed by atoms with van der Waals surface area (Å²) in [5, 5.41) is 6.50. The number of likely N-dealkylation sites (tertiary alicyclic amines) is 1. The zero-order valence-corrected chi connectivity index (χ0v) is 16.6. The molecule has 0 saturated carbocycles. The fourth-order valence-electron chi connectivity index (χ4n) is 3.16. The summed E-state index contributed by atoms with van der Waals surface area (Å²) in [7, 11) is 0. The lowest BCUT2D eigenvalue weighted by Gasteiger charge is -2.38. The summed E-state index contributed by atoms with van der Waals surface area (Å²) in [4.78, 5) is 26.3. The summed E-state index contributed by atoms with van der Waals surface area (Å²) >= 11 is 7.70. The van der Waals surface area contributed by atoms with E-state index in [1.165, 1.54) is 0 Å². The van der Waals surface area contributed by atoms with E-state index >= 15 is 0 Å². The molecule has 26 heavy (non-hydrogen) atoms. The SMILES string of the molecule is CCOC1CN(Cc2nccs2)CCC1NC(=O)c1nc(Cl)c(CC)[nH]1. The van der Waals surface area contributed by atoms with Crippen molar-refractivity contribution in [2.45, 2.75) is 45.4 Å². The van der Waals surface area contributed by atoms with Gasteiger partial charge >= 0.3 is 0 Å². The number of thiazole rings is 1. The molecule has 2 atom stereocenters. The number of aromatic nitrogens is 3. The number of ether oxygens (including phenoxy) is 1. The number of rotatable bonds is 7. The van der Waals surface area contributed by atoms with Crippen LogP contribution in [0.2, 0.25) is 5.15 Å². The van der Waals surface area contributed by atoms with Crippen molar-refractivity contribution in [3.63, 3.8) is 0 Å². The minimum Gasteiger partial charge on any atom is -0.375 e. The molecular weight excluding hydrogens is 374 g/mol. The van der Waals surface area contributed by atoms with Crippen molar-refractivity contribution in [1.82, 2.24) is 25.2 Å². The van der Waals surface area contributed by atoms with Gasteiger partial charge in [0.1, 0.15) is 5.01 Å². The summed E-state index contributed by atoms with van der Waals surface area (Å²) in [5.74, 6) is 0.0157. The second-order valence-electron chi connectivity index (χ2n) is 6.23. The highest BCUT2D eigenvalue weighted by Gasteiger charge is 2.32. The fraction of sp³-hybridized carbons (Fsp3) is 0.588. The maximum atomic E-state index is 12.5. The third-order valence-electron chi connectivity index (χ3n) is 4.48. The molecule has 1 saturated heterocycles. The molecule has 1 fully saturated rings. The highest BCUT2D eigenvalue weighted by Crippen LogP contribution is 2.19. The highest BCUT2D eigenvalue weighted by atomic mass is 35.5. The van der Waals surface area contributed by atoms with Gasteiger partial charge in [-0.2, -0.15) is 0 Å². The molecule has 2 unspecified atom stereocenters. The number of aryl methyl sites for hydroxylation is 1. The molecule has 3 heterocycles. The maximum absolute atomic E-state index is 12.5. The lowest BCUT2D eigenvalue weighted by Crippen LogP contribution is -2.55. The number of nitrogens with zero attached hydrogens (tertiary/aromatic N) is 3. The first-order chi connectivity index (χ1) is 12.6. The fourth-order valence-corrected chi connectivity index (χ4v) is 4.08. The molecule has 0 aromatic carbocycles. The van der Waals surface area contributed by atoms with Crippen LogP contribution in [-0.2, 0) is 17.7 Å². The van der Waals surface area contributed by atoms with Crippen LogP contribution in [-0.4, -0.2) is 57.6 Å². The van der Waals surface area contributed by atoms with Crippen LogP contribution >= 0.6 is 22.9 Å². The molecule has 7 nitrogen and oxygen atoms in total. The van der Waals surface area contributed by atoms with E-state index in [-0.39, 0.29) is 23.9 Å². The zero-order chi connectivity index (χ0) is 18.5. The number of imidazole rings is 1. The average Bonchev–Trinajstić information content (AvgIpc) is 3.26. The van der Waals surface area contributed by atoms with Crippen molar-refractivity contribution in [2.24, 2.45) is 0 Å². The van der Waals surface area contributed by atoms with E-state index < -0.39 is 0 Å². The van der Waals surface area contributed by atoms with Crippen molar-refractivity contribution in [1.29, 1.82) is 0 Å². The van der Waals surface area contributed by atoms with Gasteiger partial charge in [0.2, 0.25) is 0 Å². The molecule has 0 bridgehead atoms. The van der Waals surface area contributed by atoms with Crippen molar-refractivity contribution in [3.05, 3.63) is 33.3 Å². The first kappa shape index (κ1) is 19.3. The number of halogens is 1. The summed E-state index contributed by atoms with van der Waals surface area (Å²) < 4.78 is 5.90. The van der Waals surface area contributed by atoms with Crippen LogP contribution < -0.4 is 5.32 Å². The summed E-state index contributed by atoms with van der Waals surface area (Å²) in [6.45, 7) is 7.00. The minimum atomic E-state index is -0.241. The molecule has 9 heteroatoms. The Morgan fingerprint density at radius 1 is 1.54 bits per heavy atom. The quantitative estimate of drug-likeness (QED) is 0.750. The highest BCUT2D eigenvalue weighted by molar-refractivity contribution is 7.09. The molecule has 1 aliphatic heterocycles. The predicted molar refractivity (Wildman–Crippen MR) is 102 cm³/mol. The topological polar surface area (TPSA) is 83.1 Å². The van der Waals surface area contributed by atoms with E-state index in [9.17, 15) is 4.79 Å². The van der Waals surface area contributed by atoms with Gasteiger partial charge in [0.05, 0.1) is 24.4 Å². The van der Waals surface area contributed by atoms with Gasteiger partial charge in [-0.3, -0.25) is 9.69 Å². The number of carbonyl (C=O) groups excluding carboxylic acids is 1. The Kier molecular flexibility index (Phi) is 6.63. The average molecular weight is 398 g/mol. The van der Waals surface area contributed by atoms with Gasteiger partial charge < -0.3 is 15.0 Å². The third-order valence-corrected chi connectivity index (χ3v) is 5.56. The van der Waals surface area contributed by atoms with Crippen molar-refractivity contribution < 1.29 is 9.53 Å². The minimum absolute atomic E-state index is 0.0519. The van der Waals surface area contributed by atoms with Gasteiger partial charge in [-0.15, -0.1) is 11.3 Å². The molecule has 2 aromatic rings. The molecule has 2 aromatic heterocycles. The van der Waals surface area contributed by atoms with Crippen LogP contribution in [0.25, 0.3) is 0 Å². The van der Waals surface area contributed by atoms with Gasteiger partial charge in [0, 0.05) is 31.3 Å². The summed E-state index contributed by atoms with van der Waals surface area (Å²) in [6.07, 6.45) is 3.28. The van der Waals surface area contributed by atoms with Crippen LogP contribution in [0.15, 0.2) is 11.6 Å². The Hall–Kier alpha value is -1.48. The Labute approximate surface area is 162 Å². The molecule has 1 aliphatic rings. The largest absolute Gasteiger partial charge is 0.375 e. The standard InChI is InChI=1S/C17H24ClN5O2S/c1-3-11-15(18)22-16(20-11)17(24)21-12-5-7-23(9-13(12)25-4-2)10-14-19-6-8-26-14/h6,8,12-13H,3-5,7,9-10H2,1-2H3,(H,20,22)(H,21,24). The Balaban J connectivity index is 1.62. The third kappa shape index (κ3) is 4.62. The summed E-state index contributed by atoms with van der Waals surface area (Å²) in [5.41, 5.74) is 0.774. The zero-order valence-electron chi connectivity index (χ0n) is 15.0. The normalized spacial score (nSPS) is 21.0. The first-order valence-electron chi connectivity index (χ1n) is 8.88. The number of H-pyrrole nitrogens is 1. The Bertz CT molecular complexity index is 721. The second kappa shape index (κ2) is 8.94. The smallest absolute Gasteiger partial charge is 0.287 e. The van der Waals surface area contributed by atoms with Crippen molar-refractivity contribution in [2.75, 3.05) is 19.7 Å². The van der Waals surface area contributed by atoms with Crippen LogP contribution in [0.4, 0.5) is 0 Å². The lowest BCUT2D eigenvalue weighted by atomic mass is 10.0. The summed E-state index contributed by atoms with van der Waals surface area (Å²) in [6, 6.07) is -0.0519. The molecule has 0 radical (unpaired) electrons. The molecule has 0 aliphatic carbocycles. The van der Waals surface area contributed by atoms with Gasteiger partial charge in [-0.05, 0) is 19.8 Å². The van der Waals surface area contributed by atoms with Gasteiger partial charge in [-0.1, -0.05) is 18.5 Å². The van der Waals surface area contributed by atoms with Crippen molar-refractivity contribution >= 4 is 28.8 Å². The molecule has 0 spiro atoms. The van der Waals surface area contributed by atoms with E-state index in [2.05, 4.69) is 25.2 Å². The Morgan fingerprint density at radius 2 is 2.38 bits per heavy atom. The lowest BCUT2D eigenvalue weighted by molar-refractivity contribution is -0.0177. The molecule has 1 amide bonds. The number of piperidine rings is 1. The molecular formula is C17H24ClN5O2S. The van der Waals surface area contributed by atoms with Crippen LogP contribution in [0.5, 0.6) is 0 Å². The van der Waals surface area contributed by atoms with E-state index in [0.717, 1.165) is 36.8 Å². The van der Waals surface area contributed by atoms with Crippen LogP contribution in [0.3, 0.4) is 0 Å². The second-order valence-corrected chi connectivity index (χ2v) is 7.57. The molecule has 142 valence electrons. The monoisotopic (exact) mass is 397 g/mol. The molecule has 3 rings (SSSR count). The van der Waals surface area contributed by atoms with Gasteiger partial charge in [0.15, 0.2) is 11.0 Å².